The molecule has 0 spiro atoms. The molecular formula is C18H21N3O2. The van der Waals surface area contributed by atoms with Crippen molar-refractivity contribution in [3.05, 3.63) is 66.2 Å². The van der Waals surface area contributed by atoms with Crippen LogP contribution >= 0.6 is 0 Å². The third-order valence-corrected chi connectivity index (χ3v) is 3.25. The molecule has 1 amide bonds. The van der Waals surface area contributed by atoms with E-state index in [0.717, 1.165) is 22.7 Å². The van der Waals surface area contributed by atoms with Gasteiger partial charge in [0.05, 0.1) is 19.4 Å². The minimum absolute atomic E-state index is 0.156. The number of hydrogen-bond donors (Lipinski definition) is 3. The number of hydrogen-bond acceptors (Lipinski definition) is 4. The molecule has 0 saturated carbocycles. The first-order chi connectivity index (χ1) is 11.2. The van der Waals surface area contributed by atoms with E-state index in [0.29, 0.717) is 0 Å². The van der Waals surface area contributed by atoms with Gasteiger partial charge in [0.15, 0.2) is 0 Å². The molecule has 0 unspecified atom stereocenters. The van der Waals surface area contributed by atoms with Gasteiger partial charge in [-0.05, 0) is 36.8 Å². The minimum atomic E-state index is -0.156. The van der Waals surface area contributed by atoms with E-state index in [1.807, 2.05) is 67.6 Å². The van der Waals surface area contributed by atoms with E-state index in [2.05, 4.69) is 16.2 Å². The Hall–Kier alpha value is -2.95. The predicted molar refractivity (Wildman–Crippen MR) is 92.9 cm³/mol. The number of amides is 1. The summed E-state index contributed by atoms with van der Waals surface area (Å²) >= 11 is 0. The van der Waals surface area contributed by atoms with Crippen LogP contribution in [0.15, 0.2) is 60.7 Å². The van der Waals surface area contributed by atoms with Crippen LogP contribution in [0.5, 0.6) is 5.75 Å². The van der Waals surface area contributed by atoms with E-state index in [1.54, 1.807) is 7.11 Å². The maximum atomic E-state index is 11.9. The number of nitrogens with one attached hydrogen (secondary N) is 3. The molecule has 0 aliphatic carbocycles. The lowest BCUT2D eigenvalue weighted by Gasteiger charge is -2.13. The zero-order chi connectivity index (χ0) is 16.5. The molecule has 0 heterocycles. The number of ether oxygens (including phenoxy) is 1. The van der Waals surface area contributed by atoms with Gasteiger partial charge in [0, 0.05) is 5.69 Å². The molecular weight excluding hydrogens is 290 g/mol. The number of carbonyl (C=O) groups excluding carboxylic acids is 1. The zero-order valence-corrected chi connectivity index (χ0v) is 13.3. The lowest BCUT2D eigenvalue weighted by Crippen LogP contribution is -2.39. The number of carbonyl (C=O) groups is 1. The van der Waals surface area contributed by atoms with Crippen molar-refractivity contribution in [2.45, 2.75) is 6.92 Å². The maximum Gasteiger partial charge on any atom is 0.257 e. The van der Waals surface area contributed by atoms with E-state index >= 15 is 0 Å². The number of rotatable bonds is 7. The third-order valence-electron chi connectivity index (χ3n) is 3.25. The van der Waals surface area contributed by atoms with E-state index < -0.39 is 0 Å². The Labute approximate surface area is 136 Å². The van der Waals surface area contributed by atoms with Crippen LogP contribution < -0.4 is 20.9 Å². The van der Waals surface area contributed by atoms with Crippen molar-refractivity contribution < 1.29 is 9.53 Å². The normalized spacial score (nSPS) is 10.8. The van der Waals surface area contributed by atoms with Gasteiger partial charge < -0.3 is 10.1 Å². The van der Waals surface area contributed by atoms with Gasteiger partial charge in [-0.25, -0.2) is 0 Å². The maximum absolute atomic E-state index is 11.9. The smallest absolute Gasteiger partial charge is 0.257 e. The molecule has 2 rings (SSSR count). The van der Waals surface area contributed by atoms with Crippen LogP contribution in [0.25, 0.3) is 5.70 Å². The fraction of sp³-hybridized carbons (Fsp3) is 0.167. The van der Waals surface area contributed by atoms with Crippen LogP contribution in [0.2, 0.25) is 0 Å². The van der Waals surface area contributed by atoms with Gasteiger partial charge in [0.1, 0.15) is 5.75 Å². The van der Waals surface area contributed by atoms with Gasteiger partial charge in [0.25, 0.3) is 5.91 Å². The molecule has 0 bridgehead atoms. The number of hydrazine groups is 1. The molecule has 0 fully saturated rings. The molecule has 0 aliphatic heterocycles. The number of allylic oxidation sites excluding steroid dienone is 1. The first-order valence-corrected chi connectivity index (χ1v) is 7.37. The van der Waals surface area contributed by atoms with Gasteiger partial charge in [-0.1, -0.05) is 36.4 Å². The fourth-order valence-corrected chi connectivity index (χ4v) is 2.00. The first kappa shape index (κ1) is 16.4. The van der Waals surface area contributed by atoms with Crippen molar-refractivity contribution in [1.82, 2.24) is 10.9 Å². The minimum Gasteiger partial charge on any atom is -0.497 e. The standard InChI is InChI=1S/C18H21N3O2/c1-3-17(14-7-5-4-6-8-14)20-21-18(22)13-19-15-9-11-16(23-2)12-10-15/h3-12,19-20H,13H2,1-2H3,(H,21,22). The van der Waals surface area contributed by atoms with Crippen molar-refractivity contribution in [3.8, 4) is 5.75 Å². The monoisotopic (exact) mass is 311 g/mol. The molecule has 0 aliphatic rings. The Bertz CT molecular complexity index is 652. The van der Waals surface area contributed by atoms with Crippen LogP contribution in [-0.4, -0.2) is 19.6 Å². The van der Waals surface area contributed by atoms with Gasteiger partial charge in [-0.3, -0.25) is 15.6 Å². The Kier molecular flexibility index (Phi) is 6.06. The summed E-state index contributed by atoms with van der Waals surface area (Å²) in [6, 6.07) is 17.2. The molecule has 5 heteroatoms. The quantitative estimate of drug-likeness (QED) is 0.688. The highest BCUT2D eigenvalue weighted by Gasteiger charge is 2.03. The molecule has 5 nitrogen and oxygen atoms in total. The molecule has 0 atom stereocenters. The van der Waals surface area contributed by atoms with E-state index in [4.69, 9.17) is 4.74 Å². The van der Waals surface area contributed by atoms with Crippen molar-refractivity contribution in [2.24, 2.45) is 0 Å². The zero-order valence-electron chi connectivity index (χ0n) is 13.3. The van der Waals surface area contributed by atoms with Crippen LogP contribution in [0.1, 0.15) is 12.5 Å². The fourth-order valence-electron chi connectivity index (χ4n) is 2.00. The summed E-state index contributed by atoms with van der Waals surface area (Å²) in [4.78, 5) is 11.9. The van der Waals surface area contributed by atoms with E-state index in [1.165, 1.54) is 0 Å². The summed E-state index contributed by atoms with van der Waals surface area (Å²) in [5, 5.41) is 3.05. The molecule has 2 aromatic carbocycles. The lowest BCUT2D eigenvalue weighted by molar-refractivity contribution is -0.120. The van der Waals surface area contributed by atoms with Crippen LogP contribution in [0, 0.1) is 0 Å². The molecule has 23 heavy (non-hydrogen) atoms. The average molecular weight is 311 g/mol. The van der Waals surface area contributed by atoms with Crippen molar-refractivity contribution in [1.29, 1.82) is 0 Å². The highest BCUT2D eigenvalue weighted by atomic mass is 16.5. The van der Waals surface area contributed by atoms with E-state index in [-0.39, 0.29) is 12.5 Å². The van der Waals surface area contributed by atoms with Gasteiger partial charge in [-0.2, -0.15) is 0 Å². The SMILES string of the molecule is CC=C(NNC(=O)CNc1ccc(OC)cc1)c1ccccc1. The second-order valence-corrected chi connectivity index (χ2v) is 4.82. The number of benzene rings is 2. The van der Waals surface area contributed by atoms with Crippen LogP contribution in [-0.2, 0) is 4.79 Å². The summed E-state index contributed by atoms with van der Waals surface area (Å²) in [6.07, 6.45) is 1.91. The molecule has 0 saturated heterocycles. The average Bonchev–Trinajstić information content (AvgIpc) is 2.62. The van der Waals surface area contributed by atoms with Gasteiger partial charge >= 0.3 is 0 Å². The highest BCUT2D eigenvalue weighted by molar-refractivity contribution is 5.81. The van der Waals surface area contributed by atoms with Crippen LogP contribution in [0.3, 0.4) is 0 Å². The Morgan fingerprint density at radius 1 is 1.04 bits per heavy atom. The van der Waals surface area contributed by atoms with Crippen molar-refractivity contribution in [2.75, 3.05) is 19.0 Å². The molecule has 2 aromatic rings. The van der Waals surface area contributed by atoms with Gasteiger partial charge in [0.2, 0.25) is 0 Å². The molecule has 120 valence electrons. The lowest BCUT2D eigenvalue weighted by atomic mass is 10.1. The number of anilines is 1. The Morgan fingerprint density at radius 3 is 2.35 bits per heavy atom. The predicted octanol–water partition coefficient (Wildman–Crippen LogP) is 2.79. The van der Waals surface area contributed by atoms with Crippen LogP contribution in [0.4, 0.5) is 5.69 Å². The van der Waals surface area contributed by atoms with Crippen molar-refractivity contribution in [3.63, 3.8) is 0 Å². The Morgan fingerprint density at radius 2 is 1.74 bits per heavy atom. The molecule has 3 N–H and O–H groups in total. The summed E-state index contributed by atoms with van der Waals surface area (Å²) in [5.74, 6) is 0.623. The topological polar surface area (TPSA) is 62.4 Å². The largest absolute Gasteiger partial charge is 0.497 e. The highest BCUT2D eigenvalue weighted by Crippen LogP contribution is 2.14. The summed E-state index contributed by atoms with van der Waals surface area (Å²) in [5.41, 5.74) is 8.34. The summed E-state index contributed by atoms with van der Waals surface area (Å²) in [7, 11) is 1.62. The number of methoxy groups -OCH3 is 1. The first-order valence-electron chi connectivity index (χ1n) is 7.37. The van der Waals surface area contributed by atoms with E-state index in [9.17, 15) is 4.79 Å². The Balaban J connectivity index is 1.80. The third kappa shape index (κ3) is 5.07. The molecule has 0 radical (unpaired) electrons. The summed E-state index contributed by atoms with van der Waals surface area (Å²) in [6.45, 7) is 2.09. The second kappa shape index (κ2) is 8.48. The second-order valence-electron chi connectivity index (χ2n) is 4.82. The van der Waals surface area contributed by atoms with Crippen molar-refractivity contribution >= 4 is 17.3 Å². The van der Waals surface area contributed by atoms with Gasteiger partial charge in [-0.15, -0.1) is 0 Å². The molecule has 0 aromatic heterocycles. The summed E-state index contributed by atoms with van der Waals surface area (Å²) < 4.78 is 5.09.